The van der Waals surface area contributed by atoms with Crippen molar-refractivity contribution in [3.05, 3.63) is 10.1 Å². The first-order valence-corrected chi connectivity index (χ1v) is 2.67. The largest absolute Gasteiger partial charge is 0.432 e. The summed E-state index contributed by atoms with van der Waals surface area (Å²) in [6.45, 7) is 0.845. The Bertz CT molecular complexity index is 109. The van der Waals surface area contributed by atoms with Crippen molar-refractivity contribution >= 4 is 0 Å². The minimum absolute atomic E-state index is 0.422. The maximum atomic E-state index is 9.91. The van der Waals surface area contributed by atoms with E-state index in [9.17, 15) is 10.1 Å². The second-order valence-electron chi connectivity index (χ2n) is 1.69. The molecular formula is C4H7NO4. The van der Waals surface area contributed by atoms with Crippen LogP contribution in [0.15, 0.2) is 0 Å². The van der Waals surface area contributed by atoms with Gasteiger partial charge in [-0.3, -0.25) is 19.6 Å². The van der Waals surface area contributed by atoms with Crippen molar-refractivity contribution in [1.82, 2.24) is 0 Å². The van der Waals surface area contributed by atoms with E-state index in [2.05, 4.69) is 9.47 Å². The lowest BCUT2D eigenvalue weighted by molar-refractivity contribution is -0.639. The Morgan fingerprint density at radius 3 is 2.33 bits per heavy atom. The third-order valence-corrected chi connectivity index (χ3v) is 0.982. The number of hydrogen-bond acceptors (Lipinski definition) is 4. The molecule has 1 heterocycles. The van der Waals surface area contributed by atoms with Crippen molar-refractivity contribution in [2.75, 3.05) is 13.2 Å². The summed E-state index contributed by atoms with van der Waals surface area (Å²) in [6.07, 6.45) is -0.483. The van der Waals surface area contributed by atoms with Crippen LogP contribution in [0.1, 0.15) is 6.42 Å². The molecule has 52 valence electrons. The van der Waals surface area contributed by atoms with Crippen LogP contribution in [0.4, 0.5) is 0 Å². The van der Waals surface area contributed by atoms with Gasteiger partial charge in [0.25, 0.3) is 0 Å². The molecule has 0 atom stereocenters. The zero-order chi connectivity index (χ0) is 6.69. The minimum atomic E-state index is -1.22. The quantitative estimate of drug-likeness (QED) is 0.372. The van der Waals surface area contributed by atoms with Crippen molar-refractivity contribution < 1.29 is 14.4 Å². The molecule has 5 heteroatoms. The molecule has 0 amide bonds. The molecule has 0 bridgehead atoms. The predicted octanol–water partition coefficient (Wildman–Crippen LogP) is -0.0164. The molecule has 1 fully saturated rings. The highest BCUT2D eigenvalue weighted by Gasteiger charge is 2.23. The van der Waals surface area contributed by atoms with Crippen LogP contribution >= 0.6 is 0 Å². The first kappa shape index (κ1) is 6.44. The van der Waals surface area contributed by atoms with E-state index in [1.54, 1.807) is 0 Å². The Kier molecular flexibility index (Phi) is 1.96. The number of ether oxygens (including phenoxy) is 2. The molecule has 0 aromatic carbocycles. The smallest absolute Gasteiger partial charge is 0.293 e. The van der Waals surface area contributed by atoms with Crippen molar-refractivity contribution in [1.29, 1.82) is 0 Å². The van der Waals surface area contributed by atoms with Gasteiger partial charge in [-0.25, -0.2) is 0 Å². The van der Waals surface area contributed by atoms with Gasteiger partial charge < -0.3 is 0 Å². The minimum Gasteiger partial charge on any atom is -0.293 e. The summed E-state index contributed by atoms with van der Waals surface area (Å²) in [5.74, 6) is 0. The standard InChI is InChI=1S/C4H7NO4/c6-5(7)4-8-2-1-3-9-4/h4H,1-3H2. The molecule has 9 heavy (non-hydrogen) atoms. The highest BCUT2D eigenvalue weighted by atomic mass is 16.8. The predicted molar refractivity (Wildman–Crippen MR) is 27.3 cm³/mol. The molecule has 0 saturated carbocycles. The molecule has 1 aliphatic rings. The van der Waals surface area contributed by atoms with Crippen LogP contribution < -0.4 is 0 Å². The van der Waals surface area contributed by atoms with Gasteiger partial charge in [-0.2, -0.15) is 0 Å². The number of nitrogens with zero attached hydrogens (tertiary/aromatic N) is 1. The molecule has 0 aliphatic carbocycles. The Balaban J connectivity index is 2.31. The molecule has 1 saturated heterocycles. The van der Waals surface area contributed by atoms with Gasteiger partial charge in [-0.15, -0.1) is 0 Å². The van der Waals surface area contributed by atoms with Gasteiger partial charge in [0, 0.05) is 0 Å². The summed E-state index contributed by atoms with van der Waals surface area (Å²) in [5.41, 5.74) is 0. The first-order valence-electron chi connectivity index (χ1n) is 2.67. The van der Waals surface area contributed by atoms with E-state index in [4.69, 9.17) is 0 Å². The number of hydrogen-bond donors (Lipinski definition) is 0. The lowest BCUT2D eigenvalue weighted by Crippen LogP contribution is -2.31. The fourth-order valence-electron chi connectivity index (χ4n) is 0.597. The monoisotopic (exact) mass is 133 g/mol. The van der Waals surface area contributed by atoms with E-state index in [1.807, 2.05) is 0 Å². The fourth-order valence-corrected chi connectivity index (χ4v) is 0.597. The average Bonchev–Trinajstić information content (AvgIpc) is 1.90. The summed E-state index contributed by atoms with van der Waals surface area (Å²) >= 11 is 0. The Labute approximate surface area is 51.7 Å². The summed E-state index contributed by atoms with van der Waals surface area (Å²) in [7, 11) is 0. The summed E-state index contributed by atoms with van der Waals surface area (Å²) < 4.78 is 9.24. The van der Waals surface area contributed by atoms with Crippen molar-refractivity contribution in [3.63, 3.8) is 0 Å². The van der Waals surface area contributed by atoms with Gasteiger partial charge in [-0.1, -0.05) is 0 Å². The molecule has 0 unspecified atom stereocenters. The maximum absolute atomic E-state index is 9.91. The molecule has 0 N–H and O–H groups in total. The lowest BCUT2D eigenvalue weighted by Gasteiger charge is -2.14. The van der Waals surface area contributed by atoms with Crippen LogP contribution in [-0.4, -0.2) is 24.6 Å². The lowest BCUT2D eigenvalue weighted by atomic mass is 10.5. The zero-order valence-corrected chi connectivity index (χ0v) is 4.78. The van der Waals surface area contributed by atoms with E-state index in [0.717, 1.165) is 6.42 Å². The van der Waals surface area contributed by atoms with E-state index in [1.165, 1.54) is 0 Å². The van der Waals surface area contributed by atoms with Gasteiger partial charge in [0.1, 0.15) is 0 Å². The van der Waals surface area contributed by atoms with Crippen LogP contribution in [0.5, 0.6) is 0 Å². The summed E-state index contributed by atoms with van der Waals surface area (Å²) in [4.78, 5) is 9.33. The molecule has 0 aromatic rings. The summed E-state index contributed by atoms with van der Waals surface area (Å²) in [5, 5.41) is 9.91. The normalized spacial score (nSPS) is 21.8. The van der Waals surface area contributed by atoms with Gasteiger partial charge in [0.15, 0.2) is 0 Å². The fraction of sp³-hybridized carbons (Fsp3) is 1.00. The Morgan fingerprint density at radius 2 is 2.00 bits per heavy atom. The van der Waals surface area contributed by atoms with E-state index >= 15 is 0 Å². The van der Waals surface area contributed by atoms with Gasteiger partial charge in [-0.05, 0) is 6.42 Å². The van der Waals surface area contributed by atoms with E-state index in [0.29, 0.717) is 13.2 Å². The SMILES string of the molecule is O=[N+]([O-])C1OCCCO1. The van der Waals surface area contributed by atoms with Crippen molar-refractivity contribution in [2.24, 2.45) is 0 Å². The van der Waals surface area contributed by atoms with Crippen molar-refractivity contribution in [3.8, 4) is 0 Å². The highest BCUT2D eigenvalue weighted by Crippen LogP contribution is 2.03. The van der Waals surface area contributed by atoms with Crippen LogP contribution in [0.3, 0.4) is 0 Å². The first-order chi connectivity index (χ1) is 4.30. The number of nitro groups is 1. The van der Waals surface area contributed by atoms with Gasteiger partial charge in [0.05, 0.1) is 18.1 Å². The highest BCUT2D eigenvalue weighted by molar-refractivity contribution is 4.39. The molecule has 0 spiro atoms. The molecule has 5 nitrogen and oxygen atoms in total. The number of rotatable bonds is 1. The molecule has 0 radical (unpaired) electrons. The molecular weight excluding hydrogens is 126 g/mol. The Morgan fingerprint density at radius 1 is 1.44 bits per heavy atom. The molecule has 1 rings (SSSR count). The third-order valence-electron chi connectivity index (χ3n) is 0.982. The second kappa shape index (κ2) is 2.75. The maximum Gasteiger partial charge on any atom is 0.432 e. The average molecular weight is 133 g/mol. The van der Waals surface area contributed by atoms with Crippen LogP contribution in [0.25, 0.3) is 0 Å². The van der Waals surface area contributed by atoms with Crippen molar-refractivity contribution in [2.45, 2.75) is 12.8 Å². The van der Waals surface area contributed by atoms with Gasteiger partial charge >= 0.3 is 6.41 Å². The second-order valence-corrected chi connectivity index (χ2v) is 1.69. The van der Waals surface area contributed by atoms with E-state index < -0.39 is 11.3 Å². The van der Waals surface area contributed by atoms with Crippen LogP contribution in [0, 0.1) is 10.1 Å². The van der Waals surface area contributed by atoms with Crippen LogP contribution in [0.2, 0.25) is 0 Å². The zero-order valence-electron chi connectivity index (χ0n) is 4.78. The third kappa shape index (κ3) is 1.62. The Hall–Kier alpha value is -0.680. The van der Waals surface area contributed by atoms with Gasteiger partial charge in [0.2, 0.25) is 0 Å². The van der Waals surface area contributed by atoms with Crippen LogP contribution in [-0.2, 0) is 9.47 Å². The molecule has 0 aromatic heterocycles. The molecule has 1 aliphatic heterocycles. The summed E-state index contributed by atoms with van der Waals surface area (Å²) in [6, 6.07) is 0. The van der Waals surface area contributed by atoms with E-state index in [-0.39, 0.29) is 0 Å². The topological polar surface area (TPSA) is 61.6 Å².